The Morgan fingerprint density at radius 3 is 2.08 bits per heavy atom. The molecule has 0 aromatic carbocycles. The molecular formula is C9H19FN2. The summed E-state index contributed by atoms with van der Waals surface area (Å²) >= 11 is 0. The van der Waals surface area contributed by atoms with E-state index in [4.69, 9.17) is 11.5 Å². The Morgan fingerprint density at radius 1 is 1.17 bits per heavy atom. The van der Waals surface area contributed by atoms with E-state index >= 15 is 0 Å². The molecule has 0 aliphatic heterocycles. The lowest BCUT2D eigenvalue weighted by Gasteiger charge is -2.24. The van der Waals surface area contributed by atoms with Gasteiger partial charge in [-0.15, -0.1) is 0 Å². The maximum absolute atomic E-state index is 13.7. The lowest BCUT2D eigenvalue weighted by Crippen LogP contribution is -2.42. The van der Waals surface area contributed by atoms with Gasteiger partial charge in [0.05, 0.1) is 0 Å². The smallest absolute Gasteiger partial charge is 0.135 e. The molecule has 1 saturated carbocycles. The molecule has 0 aromatic rings. The minimum Gasteiger partial charge on any atom is -0.327 e. The van der Waals surface area contributed by atoms with Crippen LogP contribution in [0, 0.1) is 5.92 Å². The monoisotopic (exact) mass is 174 g/mol. The van der Waals surface area contributed by atoms with E-state index in [0.717, 1.165) is 12.8 Å². The van der Waals surface area contributed by atoms with Crippen molar-refractivity contribution < 1.29 is 4.39 Å². The number of halogens is 1. The number of alkyl halides is 1. The fourth-order valence-electron chi connectivity index (χ4n) is 1.98. The summed E-state index contributed by atoms with van der Waals surface area (Å²) in [5.74, 6) is 0.530. The Bertz CT molecular complexity index is 128. The second-order valence-electron chi connectivity index (χ2n) is 3.91. The van der Waals surface area contributed by atoms with E-state index in [1.165, 1.54) is 12.8 Å². The van der Waals surface area contributed by atoms with Crippen molar-refractivity contribution in [2.24, 2.45) is 17.4 Å². The Kier molecular flexibility index (Phi) is 3.47. The third-order valence-electron chi connectivity index (χ3n) is 2.86. The Labute approximate surface area is 73.5 Å². The molecule has 0 spiro atoms. The van der Waals surface area contributed by atoms with Gasteiger partial charge >= 0.3 is 0 Å². The second-order valence-corrected chi connectivity index (χ2v) is 3.91. The average molecular weight is 174 g/mol. The van der Waals surface area contributed by atoms with E-state index in [-0.39, 0.29) is 13.1 Å². The molecule has 0 radical (unpaired) electrons. The van der Waals surface area contributed by atoms with Crippen LogP contribution >= 0.6 is 0 Å². The van der Waals surface area contributed by atoms with Gasteiger partial charge in [-0.3, -0.25) is 0 Å². The van der Waals surface area contributed by atoms with Crippen molar-refractivity contribution in [2.75, 3.05) is 13.1 Å². The molecule has 12 heavy (non-hydrogen) atoms. The molecule has 0 unspecified atom stereocenters. The first kappa shape index (κ1) is 9.93. The lowest BCUT2D eigenvalue weighted by molar-refractivity contribution is 0.142. The molecular weight excluding hydrogens is 155 g/mol. The van der Waals surface area contributed by atoms with E-state index in [1.54, 1.807) is 0 Å². The predicted molar refractivity (Wildman–Crippen MR) is 48.5 cm³/mol. The van der Waals surface area contributed by atoms with Gasteiger partial charge in [-0.2, -0.15) is 0 Å². The zero-order valence-corrected chi connectivity index (χ0v) is 7.56. The molecule has 0 bridgehead atoms. The summed E-state index contributed by atoms with van der Waals surface area (Å²) in [6, 6.07) is 0. The van der Waals surface area contributed by atoms with Crippen molar-refractivity contribution in [1.29, 1.82) is 0 Å². The van der Waals surface area contributed by atoms with Crippen LogP contribution in [0.1, 0.15) is 32.1 Å². The summed E-state index contributed by atoms with van der Waals surface area (Å²) in [5, 5.41) is 0. The van der Waals surface area contributed by atoms with Crippen LogP contribution in [-0.2, 0) is 0 Å². The molecule has 3 heteroatoms. The highest BCUT2D eigenvalue weighted by atomic mass is 19.1. The summed E-state index contributed by atoms with van der Waals surface area (Å²) in [6.45, 7) is 0.139. The average Bonchev–Trinajstić information content (AvgIpc) is 2.57. The molecule has 1 fully saturated rings. The Morgan fingerprint density at radius 2 is 1.67 bits per heavy atom. The molecule has 2 nitrogen and oxygen atoms in total. The Balaban J connectivity index is 2.35. The second kappa shape index (κ2) is 4.19. The van der Waals surface area contributed by atoms with Crippen LogP contribution in [0.4, 0.5) is 4.39 Å². The van der Waals surface area contributed by atoms with Gasteiger partial charge in [0.15, 0.2) is 0 Å². The molecule has 1 aliphatic rings. The molecule has 0 saturated heterocycles. The molecule has 0 amide bonds. The van der Waals surface area contributed by atoms with Crippen molar-refractivity contribution in [3.05, 3.63) is 0 Å². The van der Waals surface area contributed by atoms with E-state index < -0.39 is 5.67 Å². The first-order valence-corrected chi connectivity index (χ1v) is 4.79. The van der Waals surface area contributed by atoms with Gasteiger partial charge in [-0.1, -0.05) is 25.7 Å². The van der Waals surface area contributed by atoms with E-state index in [9.17, 15) is 4.39 Å². The zero-order chi connectivity index (χ0) is 9.03. The lowest BCUT2D eigenvalue weighted by atomic mass is 9.91. The quantitative estimate of drug-likeness (QED) is 0.672. The van der Waals surface area contributed by atoms with Crippen LogP contribution in [0.25, 0.3) is 0 Å². The van der Waals surface area contributed by atoms with E-state index in [2.05, 4.69) is 0 Å². The molecule has 1 aliphatic carbocycles. The molecule has 0 heterocycles. The van der Waals surface area contributed by atoms with E-state index in [0.29, 0.717) is 12.3 Å². The molecule has 0 aromatic heterocycles. The maximum atomic E-state index is 13.7. The SMILES string of the molecule is NCC(F)(CN)CC1CCCC1. The van der Waals surface area contributed by atoms with Gasteiger partial charge in [0, 0.05) is 13.1 Å². The zero-order valence-electron chi connectivity index (χ0n) is 7.56. The highest BCUT2D eigenvalue weighted by molar-refractivity contribution is 4.85. The van der Waals surface area contributed by atoms with Crippen LogP contribution in [0.5, 0.6) is 0 Å². The number of hydrogen-bond acceptors (Lipinski definition) is 2. The highest BCUT2D eigenvalue weighted by Gasteiger charge is 2.31. The number of nitrogens with two attached hydrogens (primary N) is 2. The first-order chi connectivity index (χ1) is 5.70. The van der Waals surface area contributed by atoms with Crippen molar-refractivity contribution >= 4 is 0 Å². The van der Waals surface area contributed by atoms with Gasteiger partial charge in [0.2, 0.25) is 0 Å². The minimum atomic E-state index is -1.30. The Hall–Kier alpha value is -0.150. The third kappa shape index (κ3) is 2.42. The fourth-order valence-corrected chi connectivity index (χ4v) is 1.98. The van der Waals surface area contributed by atoms with Crippen LogP contribution < -0.4 is 11.5 Å². The van der Waals surface area contributed by atoms with Crippen LogP contribution in [-0.4, -0.2) is 18.8 Å². The highest BCUT2D eigenvalue weighted by Crippen LogP contribution is 2.32. The van der Waals surface area contributed by atoms with Gasteiger partial charge in [-0.05, 0) is 12.3 Å². The number of hydrogen-bond donors (Lipinski definition) is 2. The summed E-state index contributed by atoms with van der Waals surface area (Å²) in [4.78, 5) is 0. The minimum absolute atomic E-state index is 0.0694. The van der Waals surface area contributed by atoms with Crippen molar-refractivity contribution in [2.45, 2.75) is 37.8 Å². The van der Waals surface area contributed by atoms with Crippen LogP contribution in [0.3, 0.4) is 0 Å². The van der Waals surface area contributed by atoms with Gasteiger partial charge in [0.1, 0.15) is 5.67 Å². The fraction of sp³-hybridized carbons (Fsp3) is 1.00. The maximum Gasteiger partial charge on any atom is 0.135 e. The first-order valence-electron chi connectivity index (χ1n) is 4.79. The topological polar surface area (TPSA) is 52.0 Å². The summed E-state index contributed by atoms with van der Waals surface area (Å²) in [6.07, 6.45) is 5.38. The van der Waals surface area contributed by atoms with Gasteiger partial charge in [-0.25, -0.2) is 4.39 Å². The van der Waals surface area contributed by atoms with Gasteiger partial charge < -0.3 is 11.5 Å². The standard InChI is InChI=1S/C9H19FN2/c10-9(6-11,7-12)5-8-3-1-2-4-8/h8H,1-7,11-12H2. The molecule has 4 N–H and O–H groups in total. The molecule has 72 valence electrons. The summed E-state index contributed by atoms with van der Waals surface area (Å²) in [7, 11) is 0. The summed E-state index contributed by atoms with van der Waals surface area (Å²) < 4.78 is 13.7. The number of rotatable bonds is 4. The van der Waals surface area contributed by atoms with Crippen molar-refractivity contribution in [1.82, 2.24) is 0 Å². The molecule has 1 rings (SSSR count). The largest absolute Gasteiger partial charge is 0.327 e. The van der Waals surface area contributed by atoms with Crippen molar-refractivity contribution in [3.8, 4) is 0 Å². The predicted octanol–water partition coefficient (Wildman–Crippen LogP) is 1.19. The van der Waals surface area contributed by atoms with Crippen LogP contribution in [0.15, 0.2) is 0 Å². The van der Waals surface area contributed by atoms with Crippen molar-refractivity contribution in [3.63, 3.8) is 0 Å². The molecule has 0 atom stereocenters. The third-order valence-corrected chi connectivity index (χ3v) is 2.86. The van der Waals surface area contributed by atoms with Crippen LogP contribution in [0.2, 0.25) is 0 Å². The summed E-state index contributed by atoms with van der Waals surface area (Å²) in [5.41, 5.74) is 9.38. The van der Waals surface area contributed by atoms with Gasteiger partial charge in [0.25, 0.3) is 0 Å². The normalized spacial score (nSPS) is 20.2. The van der Waals surface area contributed by atoms with E-state index in [1.807, 2.05) is 0 Å².